The fourth-order valence-electron chi connectivity index (χ4n) is 1.61. The molecule has 2 rings (SSSR count). The standard InChI is InChI=1S/C12H15N3O2S/c1-13-12-14-10(8-18-12)9-4-3-5-15(11(9)16)6-7-17-2/h3-5,8H,6-7H2,1-2H3,(H,13,14). The summed E-state index contributed by atoms with van der Waals surface area (Å²) in [5.74, 6) is 0. The first-order valence-electron chi connectivity index (χ1n) is 5.58. The van der Waals surface area contributed by atoms with Crippen molar-refractivity contribution in [1.82, 2.24) is 9.55 Å². The van der Waals surface area contributed by atoms with Crippen LogP contribution in [0, 0.1) is 0 Å². The normalized spacial score (nSPS) is 10.6. The number of nitrogens with one attached hydrogen (secondary N) is 1. The third-order valence-corrected chi connectivity index (χ3v) is 3.41. The summed E-state index contributed by atoms with van der Waals surface area (Å²) in [6.07, 6.45) is 1.76. The lowest BCUT2D eigenvalue weighted by Crippen LogP contribution is -2.22. The Balaban J connectivity index is 2.36. The Morgan fingerprint density at radius 2 is 2.39 bits per heavy atom. The van der Waals surface area contributed by atoms with Crippen LogP contribution < -0.4 is 10.9 Å². The van der Waals surface area contributed by atoms with Gasteiger partial charge in [-0.25, -0.2) is 4.98 Å². The Labute approximate surface area is 109 Å². The van der Waals surface area contributed by atoms with Gasteiger partial charge >= 0.3 is 0 Å². The molecule has 0 bridgehead atoms. The van der Waals surface area contributed by atoms with E-state index in [0.29, 0.717) is 24.4 Å². The Bertz CT molecular complexity index is 577. The molecule has 2 aromatic rings. The summed E-state index contributed by atoms with van der Waals surface area (Å²) >= 11 is 1.48. The van der Waals surface area contributed by atoms with Crippen LogP contribution in [0.1, 0.15) is 0 Å². The van der Waals surface area contributed by atoms with Crippen molar-refractivity contribution in [3.63, 3.8) is 0 Å². The maximum Gasteiger partial charge on any atom is 0.260 e. The molecule has 0 aromatic carbocycles. The second-order valence-corrected chi connectivity index (χ2v) is 4.56. The molecule has 6 heteroatoms. The van der Waals surface area contributed by atoms with Gasteiger partial charge < -0.3 is 14.6 Å². The molecule has 0 saturated heterocycles. The van der Waals surface area contributed by atoms with E-state index >= 15 is 0 Å². The maximum absolute atomic E-state index is 12.2. The molecule has 0 fully saturated rings. The van der Waals surface area contributed by atoms with Gasteiger partial charge in [0.15, 0.2) is 5.13 Å². The summed E-state index contributed by atoms with van der Waals surface area (Å²) in [7, 11) is 3.43. The summed E-state index contributed by atoms with van der Waals surface area (Å²) in [5, 5.41) is 5.64. The van der Waals surface area contributed by atoms with Crippen LogP contribution in [-0.2, 0) is 11.3 Å². The molecule has 1 N–H and O–H groups in total. The Morgan fingerprint density at radius 3 is 3.06 bits per heavy atom. The van der Waals surface area contributed by atoms with E-state index in [4.69, 9.17) is 4.74 Å². The van der Waals surface area contributed by atoms with Gasteiger partial charge in [-0.2, -0.15) is 0 Å². The van der Waals surface area contributed by atoms with Crippen LogP contribution in [0.25, 0.3) is 11.3 Å². The number of pyridine rings is 1. The van der Waals surface area contributed by atoms with Crippen molar-refractivity contribution in [2.75, 3.05) is 26.1 Å². The molecule has 5 nitrogen and oxygen atoms in total. The van der Waals surface area contributed by atoms with E-state index in [1.54, 1.807) is 23.9 Å². The zero-order chi connectivity index (χ0) is 13.0. The predicted molar refractivity (Wildman–Crippen MR) is 73.2 cm³/mol. The predicted octanol–water partition coefficient (Wildman–Crippen LogP) is 1.66. The number of hydrogen-bond acceptors (Lipinski definition) is 5. The minimum atomic E-state index is -0.0393. The Morgan fingerprint density at radius 1 is 1.56 bits per heavy atom. The van der Waals surface area contributed by atoms with Crippen molar-refractivity contribution in [3.05, 3.63) is 34.1 Å². The molecule has 0 aliphatic heterocycles. The van der Waals surface area contributed by atoms with E-state index < -0.39 is 0 Å². The van der Waals surface area contributed by atoms with Gasteiger partial charge in [0.1, 0.15) is 0 Å². The SMILES string of the molecule is CNc1nc(-c2cccn(CCOC)c2=O)cs1. The lowest BCUT2D eigenvalue weighted by molar-refractivity contribution is 0.186. The van der Waals surface area contributed by atoms with Gasteiger partial charge in [-0.1, -0.05) is 0 Å². The summed E-state index contributed by atoms with van der Waals surface area (Å²) in [5.41, 5.74) is 1.29. The summed E-state index contributed by atoms with van der Waals surface area (Å²) in [6.45, 7) is 1.06. The Hall–Kier alpha value is -1.66. The van der Waals surface area contributed by atoms with Gasteiger partial charge in [0.25, 0.3) is 5.56 Å². The van der Waals surface area contributed by atoms with Gasteiger partial charge in [0.05, 0.1) is 17.9 Å². The number of thiazole rings is 1. The zero-order valence-electron chi connectivity index (χ0n) is 10.3. The van der Waals surface area contributed by atoms with Crippen LogP contribution in [-0.4, -0.2) is 30.3 Å². The smallest absolute Gasteiger partial charge is 0.260 e. The molecule has 18 heavy (non-hydrogen) atoms. The number of anilines is 1. The molecular weight excluding hydrogens is 250 g/mol. The minimum Gasteiger partial charge on any atom is -0.383 e. The van der Waals surface area contributed by atoms with Gasteiger partial charge in [-0.15, -0.1) is 11.3 Å². The molecule has 0 unspecified atom stereocenters. The van der Waals surface area contributed by atoms with Crippen LogP contribution in [0.2, 0.25) is 0 Å². The van der Waals surface area contributed by atoms with Crippen LogP contribution in [0.4, 0.5) is 5.13 Å². The summed E-state index contributed by atoms with van der Waals surface area (Å²) in [6, 6.07) is 3.64. The van der Waals surface area contributed by atoms with Crippen molar-refractivity contribution in [3.8, 4) is 11.3 Å². The van der Waals surface area contributed by atoms with E-state index in [1.165, 1.54) is 11.3 Å². The molecule has 0 saturated carbocycles. The lowest BCUT2D eigenvalue weighted by Gasteiger charge is -2.05. The Kier molecular flexibility index (Phi) is 4.11. The van der Waals surface area contributed by atoms with Crippen molar-refractivity contribution < 1.29 is 4.74 Å². The van der Waals surface area contributed by atoms with E-state index in [2.05, 4.69) is 10.3 Å². The first-order chi connectivity index (χ1) is 8.76. The quantitative estimate of drug-likeness (QED) is 0.893. The highest BCUT2D eigenvalue weighted by atomic mass is 32.1. The molecule has 0 atom stereocenters. The highest BCUT2D eigenvalue weighted by Crippen LogP contribution is 2.21. The minimum absolute atomic E-state index is 0.0393. The maximum atomic E-state index is 12.2. The molecule has 96 valence electrons. The molecule has 2 heterocycles. The van der Waals surface area contributed by atoms with Crippen LogP contribution in [0.5, 0.6) is 0 Å². The highest BCUT2D eigenvalue weighted by Gasteiger charge is 2.09. The molecule has 2 aromatic heterocycles. The van der Waals surface area contributed by atoms with E-state index in [-0.39, 0.29) is 5.56 Å². The van der Waals surface area contributed by atoms with Crippen molar-refractivity contribution in [1.29, 1.82) is 0 Å². The van der Waals surface area contributed by atoms with Crippen molar-refractivity contribution in [2.24, 2.45) is 0 Å². The fourth-order valence-corrected chi connectivity index (χ4v) is 2.28. The number of nitrogens with zero attached hydrogens (tertiary/aromatic N) is 2. The van der Waals surface area contributed by atoms with Crippen molar-refractivity contribution in [2.45, 2.75) is 6.54 Å². The second kappa shape index (κ2) is 5.79. The zero-order valence-corrected chi connectivity index (χ0v) is 11.2. The number of rotatable bonds is 5. The van der Waals surface area contributed by atoms with Crippen molar-refractivity contribution >= 4 is 16.5 Å². The molecule has 0 aliphatic rings. The lowest BCUT2D eigenvalue weighted by atomic mass is 10.2. The van der Waals surface area contributed by atoms with Crippen LogP contribution in [0.3, 0.4) is 0 Å². The first-order valence-corrected chi connectivity index (χ1v) is 6.46. The van der Waals surface area contributed by atoms with E-state index in [0.717, 1.165) is 5.13 Å². The fraction of sp³-hybridized carbons (Fsp3) is 0.333. The summed E-state index contributed by atoms with van der Waals surface area (Å²) in [4.78, 5) is 16.6. The van der Waals surface area contributed by atoms with Crippen LogP contribution >= 0.6 is 11.3 Å². The topological polar surface area (TPSA) is 56.1 Å². The molecule has 0 amide bonds. The number of hydrogen-bond donors (Lipinski definition) is 1. The third kappa shape index (κ3) is 2.60. The number of aromatic nitrogens is 2. The van der Waals surface area contributed by atoms with Gasteiger partial charge in [0.2, 0.25) is 0 Å². The van der Waals surface area contributed by atoms with Crippen LogP contribution in [0.15, 0.2) is 28.5 Å². The second-order valence-electron chi connectivity index (χ2n) is 3.70. The molecule has 0 spiro atoms. The third-order valence-electron chi connectivity index (χ3n) is 2.55. The summed E-state index contributed by atoms with van der Waals surface area (Å²) < 4.78 is 6.62. The average Bonchev–Trinajstić information content (AvgIpc) is 2.86. The highest BCUT2D eigenvalue weighted by molar-refractivity contribution is 7.14. The number of ether oxygens (including phenoxy) is 1. The average molecular weight is 265 g/mol. The largest absolute Gasteiger partial charge is 0.383 e. The molecule has 0 radical (unpaired) electrons. The van der Waals surface area contributed by atoms with Gasteiger partial charge in [-0.05, 0) is 12.1 Å². The van der Waals surface area contributed by atoms with Gasteiger partial charge in [0, 0.05) is 32.3 Å². The van der Waals surface area contributed by atoms with E-state index in [1.807, 2.05) is 18.5 Å². The molecular formula is C12H15N3O2S. The molecule has 0 aliphatic carbocycles. The first kappa shape index (κ1) is 12.8. The van der Waals surface area contributed by atoms with E-state index in [9.17, 15) is 4.79 Å². The monoisotopic (exact) mass is 265 g/mol. The number of methoxy groups -OCH3 is 1. The van der Waals surface area contributed by atoms with Gasteiger partial charge in [-0.3, -0.25) is 4.79 Å².